The summed E-state index contributed by atoms with van der Waals surface area (Å²) in [5.74, 6) is 1.68. The van der Waals surface area contributed by atoms with Gasteiger partial charge < -0.3 is 10.1 Å². The summed E-state index contributed by atoms with van der Waals surface area (Å²) in [7, 11) is 1.78. The van der Waals surface area contributed by atoms with E-state index in [1.165, 1.54) is 12.1 Å². The van der Waals surface area contributed by atoms with E-state index in [9.17, 15) is 4.39 Å². The number of benzene rings is 1. The first-order chi connectivity index (χ1) is 9.77. The lowest BCUT2D eigenvalue weighted by molar-refractivity contribution is 0.442. The van der Waals surface area contributed by atoms with Crippen LogP contribution in [0.4, 0.5) is 10.2 Å². The van der Waals surface area contributed by atoms with E-state index in [1.54, 1.807) is 19.2 Å². The first kappa shape index (κ1) is 15.7. The third kappa shape index (κ3) is 4.14. The van der Waals surface area contributed by atoms with E-state index in [0.717, 1.165) is 0 Å². The van der Waals surface area contributed by atoms with Crippen molar-refractivity contribution in [3.63, 3.8) is 0 Å². The second-order valence-corrected chi connectivity index (χ2v) is 6.54. The number of hydrogen-bond acceptors (Lipinski definition) is 4. The predicted octanol–water partition coefficient (Wildman–Crippen LogP) is 4.51. The van der Waals surface area contributed by atoms with E-state index in [4.69, 9.17) is 4.74 Å². The number of rotatable bonds is 3. The van der Waals surface area contributed by atoms with Gasteiger partial charge in [-0.2, -0.15) is 4.98 Å². The molecule has 6 heteroatoms. The molecule has 0 saturated heterocycles. The Balaban J connectivity index is 2.39. The third-order valence-corrected chi connectivity index (χ3v) is 3.15. The minimum atomic E-state index is -0.377. The highest BCUT2D eigenvalue weighted by atomic mass is 79.9. The molecular formula is C15H17BrFN3O. The number of hydrogen-bond donors (Lipinski definition) is 1. The van der Waals surface area contributed by atoms with Crippen molar-refractivity contribution in [2.24, 2.45) is 0 Å². The largest absolute Gasteiger partial charge is 0.439 e. The van der Waals surface area contributed by atoms with Gasteiger partial charge in [-0.15, -0.1) is 0 Å². The fourth-order valence-corrected chi connectivity index (χ4v) is 2.09. The molecule has 1 N–H and O–H groups in total. The van der Waals surface area contributed by atoms with Crippen LogP contribution in [-0.4, -0.2) is 17.0 Å². The second kappa shape index (κ2) is 5.97. The maximum Gasteiger partial charge on any atom is 0.224 e. The minimum Gasteiger partial charge on any atom is -0.439 e. The topological polar surface area (TPSA) is 47.0 Å². The monoisotopic (exact) mass is 353 g/mol. The molecule has 4 nitrogen and oxygen atoms in total. The number of ether oxygens (including phenoxy) is 1. The van der Waals surface area contributed by atoms with Gasteiger partial charge in [-0.05, 0) is 12.1 Å². The summed E-state index contributed by atoms with van der Waals surface area (Å²) >= 11 is 3.24. The molecule has 0 atom stereocenters. The van der Waals surface area contributed by atoms with Crippen molar-refractivity contribution in [2.75, 3.05) is 12.4 Å². The van der Waals surface area contributed by atoms with Crippen molar-refractivity contribution in [2.45, 2.75) is 26.2 Å². The van der Waals surface area contributed by atoms with Crippen LogP contribution in [-0.2, 0) is 5.41 Å². The van der Waals surface area contributed by atoms with Crippen molar-refractivity contribution in [1.82, 2.24) is 9.97 Å². The van der Waals surface area contributed by atoms with Gasteiger partial charge in [0.2, 0.25) is 5.88 Å². The molecule has 0 radical (unpaired) electrons. The average molecular weight is 354 g/mol. The molecule has 1 heterocycles. The fourth-order valence-electron chi connectivity index (χ4n) is 1.65. The predicted molar refractivity (Wildman–Crippen MR) is 84.5 cm³/mol. The van der Waals surface area contributed by atoms with Crippen molar-refractivity contribution in [3.05, 3.63) is 40.4 Å². The number of halogens is 2. The maximum absolute atomic E-state index is 13.4. The Kier molecular flexibility index (Phi) is 4.46. The van der Waals surface area contributed by atoms with E-state index in [2.05, 4.69) is 31.2 Å². The van der Waals surface area contributed by atoms with Gasteiger partial charge in [0.05, 0.1) is 0 Å². The molecular weight excluding hydrogens is 337 g/mol. The summed E-state index contributed by atoms with van der Waals surface area (Å²) in [6.07, 6.45) is 0. The van der Waals surface area contributed by atoms with Crippen molar-refractivity contribution < 1.29 is 9.13 Å². The third-order valence-electron chi connectivity index (χ3n) is 2.69. The van der Waals surface area contributed by atoms with Crippen LogP contribution in [0.3, 0.4) is 0 Å². The highest BCUT2D eigenvalue weighted by Crippen LogP contribution is 2.28. The molecule has 1 aromatic heterocycles. The average Bonchev–Trinajstić information content (AvgIpc) is 2.36. The van der Waals surface area contributed by atoms with Gasteiger partial charge in [-0.25, -0.2) is 9.37 Å². The lowest BCUT2D eigenvalue weighted by atomic mass is 9.96. The van der Waals surface area contributed by atoms with Crippen LogP contribution in [0, 0.1) is 5.82 Å². The number of aromatic nitrogens is 2. The second-order valence-electron chi connectivity index (χ2n) is 5.62. The zero-order chi connectivity index (χ0) is 15.6. The van der Waals surface area contributed by atoms with Crippen LogP contribution < -0.4 is 10.1 Å². The molecule has 1 aromatic carbocycles. The van der Waals surface area contributed by atoms with Crippen LogP contribution in [0.2, 0.25) is 0 Å². The Hall–Kier alpha value is -1.69. The molecule has 0 unspecified atom stereocenters. The lowest BCUT2D eigenvalue weighted by Gasteiger charge is -2.18. The van der Waals surface area contributed by atoms with Crippen LogP contribution in [0.1, 0.15) is 26.6 Å². The first-order valence-electron chi connectivity index (χ1n) is 6.49. The van der Waals surface area contributed by atoms with E-state index in [0.29, 0.717) is 27.7 Å². The Labute approximate surface area is 131 Å². The molecule has 0 saturated carbocycles. The Morgan fingerprint density at radius 3 is 2.43 bits per heavy atom. The summed E-state index contributed by atoms with van der Waals surface area (Å²) < 4.78 is 19.7. The molecule has 0 amide bonds. The first-order valence-corrected chi connectivity index (χ1v) is 7.28. The SMILES string of the molecule is CNc1cc(Oc2cc(F)cc(Br)c2)nc(C(C)(C)C)n1. The molecule has 0 bridgehead atoms. The smallest absolute Gasteiger partial charge is 0.224 e. The quantitative estimate of drug-likeness (QED) is 0.881. The minimum absolute atomic E-state index is 0.215. The number of nitrogens with zero attached hydrogens (tertiary/aromatic N) is 2. The van der Waals surface area contributed by atoms with E-state index in [1.807, 2.05) is 20.8 Å². The van der Waals surface area contributed by atoms with Gasteiger partial charge in [0.15, 0.2) is 0 Å². The lowest BCUT2D eigenvalue weighted by Crippen LogP contribution is -2.17. The van der Waals surface area contributed by atoms with Gasteiger partial charge in [0.1, 0.15) is 23.2 Å². The van der Waals surface area contributed by atoms with Gasteiger partial charge in [0.25, 0.3) is 0 Å². The fraction of sp³-hybridized carbons (Fsp3) is 0.333. The Morgan fingerprint density at radius 1 is 1.14 bits per heavy atom. The normalized spacial score (nSPS) is 11.3. The molecule has 0 aliphatic heterocycles. The number of nitrogens with one attached hydrogen (secondary N) is 1. The highest BCUT2D eigenvalue weighted by molar-refractivity contribution is 9.10. The molecule has 21 heavy (non-hydrogen) atoms. The molecule has 0 spiro atoms. The van der Waals surface area contributed by atoms with Crippen molar-refractivity contribution >= 4 is 21.7 Å². The summed E-state index contributed by atoms with van der Waals surface area (Å²) in [4.78, 5) is 8.81. The van der Waals surface area contributed by atoms with Gasteiger partial charge >= 0.3 is 0 Å². The zero-order valence-corrected chi connectivity index (χ0v) is 14.0. The van der Waals surface area contributed by atoms with E-state index >= 15 is 0 Å². The summed E-state index contributed by atoms with van der Waals surface area (Å²) in [6, 6.07) is 6.03. The Morgan fingerprint density at radius 2 is 1.86 bits per heavy atom. The molecule has 2 aromatic rings. The molecule has 0 aliphatic rings. The molecule has 112 valence electrons. The van der Waals surface area contributed by atoms with E-state index < -0.39 is 0 Å². The summed E-state index contributed by atoms with van der Waals surface area (Å²) in [6.45, 7) is 6.05. The zero-order valence-electron chi connectivity index (χ0n) is 12.4. The Bertz CT molecular complexity index is 636. The van der Waals surface area contributed by atoms with Crippen LogP contribution in [0.5, 0.6) is 11.6 Å². The molecule has 0 fully saturated rings. The van der Waals surface area contributed by atoms with E-state index in [-0.39, 0.29) is 11.2 Å². The van der Waals surface area contributed by atoms with Crippen LogP contribution in [0.25, 0.3) is 0 Å². The summed E-state index contributed by atoms with van der Waals surface area (Å²) in [5.41, 5.74) is -0.215. The van der Waals surface area contributed by atoms with Crippen LogP contribution in [0.15, 0.2) is 28.7 Å². The molecule has 0 aliphatic carbocycles. The maximum atomic E-state index is 13.4. The van der Waals surface area contributed by atoms with Crippen molar-refractivity contribution in [1.29, 1.82) is 0 Å². The molecule has 2 rings (SSSR count). The van der Waals surface area contributed by atoms with Crippen molar-refractivity contribution in [3.8, 4) is 11.6 Å². The van der Waals surface area contributed by atoms with Gasteiger partial charge in [-0.1, -0.05) is 36.7 Å². The standard InChI is InChI=1S/C15H17BrFN3O/c1-15(2,3)14-19-12(18-4)8-13(20-14)21-11-6-9(16)5-10(17)7-11/h5-8H,1-4H3,(H,18,19,20). The van der Waals surface area contributed by atoms with Gasteiger partial charge in [-0.3, -0.25) is 0 Å². The summed E-state index contributed by atoms with van der Waals surface area (Å²) in [5, 5.41) is 2.97. The number of anilines is 1. The van der Waals surface area contributed by atoms with Crippen LogP contribution >= 0.6 is 15.9 Å². The van der Waals surface area contributed by atoms with Gasteiger partial charge in [0, 0.05) is 29.1 Å². The highest BCUT2D eigenvalue weighted by Gasteiger charge is 2.19.